The number of likely N-dealkylation sites (tertiary alicyclic amines) is 1. The molecule has 11 heteroatoms. The first-order valence-electron chi connectivity index (χ1n) is 14.0. The first kappa shape index (κ1) is 26.5. The van der Waals surface area contributed by atoms with Crippen LogP contribution in [0.2, 0.25) is 0 Å². The molecule has 1 saturated heterocycles. The lowest BCUT2D eigenvalue weighted by Crippen LogP contribution is -2.39. The summed E-state index contributed by atoms with van der Waals surface area (Å²) in [7, 11) is 1.78. The van der Waals surface area contributed by atoms with Gasteiger partial charge in [-0.2, -0.15) is 10.2 Å². The van der Waals surface area contributed by atoms with Gasteiger partial charge in [-0.15, -0.1) is 0 Å². The number of carbonyl (C=O) groups excluding carboxylic acids is 2. The normalized spacial score (nSPS) is 17.8. The molecular formula is C29H35F2N7O2. The number of anilines is 2. The number of benzene rings is 1. The van der Waals surface area contributed by atoms with Crippen molar-refractivity contribution >= 4 is 23.3 Å². The fraction of sp³-hybridized carbons (Fsp3) is 0.517. The Labute approximate surface area is 232 Å². The summed E-state index contributed by atoms with van der Waals surface area (Å²) >= 11 is 0. The van der Waals surface area contributed by atoms with Gasteiger partial charge in [0.05, 0.1) is 18.8 Å². The van der Waals surface area contributed by atoms with Crippen LogP contribution in [0.3, 0.4) is 0 Å². The lowest BCUT2D eigenvalue weighted by atomic mass is 9.92. The maximum atomic E-state index is 14.4. The van der Waals surface area contributed by atoms with Gasteiger partial charge in [0.15, 0.2) is 5.82 Å². The monoisotopic (exact) mass is 551 g/mol. The molecule has 0 bridgehead atoms. The van der Waals surface area contributed by atoms with Gasteiger partial charge in [-0.1, -0.05) is 0 Å². The van der Waals surface area contributed by atoms with Gasteiger partial charge in [0, 0.05) is 87.8 Å². The predicted octanol–water partition coefficient (Wildman–Crippen LogP) is 4.39. The molecule has 3 aliphatic rings. The molecule has 6 rings (SSSR count). The molecule has 0 atom stereocenters. The van der Waals surface area contributed by atoms with Crippen LogP contribution in [0.5, 0.6) is 0 Å². The zero-order valence-electron chi connectivity index (χ0n) is 23.2. The number of aromatic nitrogens is 4. The van der Waals surface area contributed by atoms with E-state index in [1.807, 2.05) is 15.9 Å². The summed E-state index contributed by atoms with van der Waals surface area (Å²) < 4.78 is 32.6. The Kier molecular flexibility index (Phi) is 6.83. The van der Waals surface area contributed by atoms with Crippen molar-refractivity contribution in [3.8, 4) is 11.1 Å². The second-order valence-corrected chi connectivity index (χ2v) is 11.1. The van der Waals surface area contributed by atoms with Crippen LogP contribution < -0.4 is 4.90 Å². The summed E-state index contributed by atoms with van der Waals surface area (Å²) in [4.78, 5) is 30.0. The number of rotatable bonds is 4. The number of nitrogens with zero attached hydrogens (tertiary/aromatic N) is 7. The van der Waals surface area contributed by atoms with Gasteiger partial charge in [0.2, 0.25) is 11.8 Å². The maximum Gasteiger partial charge on any atom is 0.264 e. The van der Waals surface area contributed by atoms with Gasteiger partial charge in [-0.05, 0) is 48.9 Å². The largest absolute Gasteiger partial charge is 0.343 e. The van der Waals surface area contributed by atoms with Crippen LogP contribution in [-0.4, -0.2) is 67.4 Å². The van der Waals surface area contributed by atoms with Gasteiger partial charge >= 0.3 is 0 Å². The minimum absolute atomic E-state index is 0.0132. The average molecular weight is 552 g/mol. The number of amides is 2. The van der Waals surface area contributed by atoms with Crippen molar-refractivity contribution < 1.29 is 18.4 Å². The molecule has 1 aromatic carbocycles. The van der Waals surface area contributed by atoms with Crippen molar-refractivity contribution in [3.05, 3.63) is 46.9 Å². The molecule has 0 spiro atoms. The van der Waals surface area contributed by atoms with E-state index in [1.54, 1.807) is 44.0 Å². The van der Waals surface area contributed by atoms with E-state index in [0.717, 1.165) is 54.0 Å². The van der Waals surface area contributed by atoms with Crippen LogP contribution in [0, 0.1) is 0 Å². The van der Waals surface area contributed by atoms with Crippen molar-refractivity contribution in [3.63, 3.8) is 0 Å². The molecule has 3 aliphatic heterocycles. The highest BCUT2D eigenvalue weighted by Crippen LogP contribution is 2.43. The van der Waals surface area contributed by atoms with Crippen LogP contribution in [0.1, 0.15) is 68.0 Å². The maximum absolute atomic E-state index is 14.4. The number of piperidine rings is 1. The van der Waals surface area contributed by atoms with E-state index in [-0.39, 0.29) is 23.4 Å². The zero-order chi connectivity index (χ0) is 28.1. The van der Waals surface area contributed by atoms with E-state index in [0.29, 0.717) is 50.3 Å². The van der Waals surface area contributed by atoms with Crippen molar-refractivity contribution in [2.45, 2.75) is 65.0 Å². The Hall–Kier alpha value is -3.76. The number of hydrogen-bond acceptors (Lipinski definition) is 5. The van der Waals surface area contributed by atoms with Gasteiger partial charge in [0.25, 0.3) is 6.43 Å². The van der Waals surface area contributed by atoms with E-state index in [2.05, 4.69) is 14.7 Å². The lowest BCUT2D eigenvalue weighted by molar-refractivity contribution is -0.130. The van der Waals surface area contributed by atoms with E-state index >= 15 is 0 Å². The van der Waals surface area contributed by atoms with Crippen molar-refractivity contribution in [2.75, 3.05) is 31.1 Å². The first-order valence-corrected chi connectivity index (χ1v) is 14.0. The average Bonchev–Trinajstić information content (AvgIpc) is 3.55. The molecule has 0 unspecified atom stereocenters. The fourth-order valence-electron chi connectivity index (χ4n) is 6.50. The van der Waals surface area contributed by atoms with Crippen LogP contribution in [0.15, 0.2) is 24.5 Å². The van der Waals surface area contributed by atoms with E-state index in [4.69, 9.17) is 5.10 Å². The summed E-state index contributed by atoms with van der Waals surface area (Å²) in [6, 6.07) is 3.67. The van der Waals surface area contributed by atoms with E-state index in [9.17, 15) is 18.4 Å². The molecule has 212 valence electrons. The topological polar surface area (TPSA) is 79.5 Å². The molecule has 9 nitrogen and oxygen atoms in total. The lowest BCUT2D eigenvalue weighted by Gasteiger charge is -2.33. The number of carbonyl (C=O) groups is 2. The highest BCUT2D eigenvalue weighted by atomic mass is 19.3. The third-order valence-corrected chi connectivity index (χ3v) is 8.64. The Morgan fingerprint density at radius 1 is 1.00 bits per heavy atom. The van der Waals surface area contributed by atoms with Crippen molar-refractivity contribution in [2.24, 2.45) is 7.05 Å². The molecule has 0 aliphatic carbocycles. The van der Waals surface area contributed by atoms with Crippen molar-refractivity contribution in [1.82, 2.24) is 29.4 Å². The zero-order valence-corrected chi connectivity index (χ0v) is 23.2. The highest BCUT2D eigenvalue weighted by molar-refractivity contribution is 5.78. The summed E-state index contributed by atoms with van der Waals surface area (Å²) in [6.07, 6.45) is 4.71. The summed E-state index contributed by atoms with van der Waals surface area (Å²) in [5, 5.41) is 9.35. The Balaban J connectivity index is 1.43. The second kappa shape index (κ2) is 10.3. The molecule has 40 heavy (non-hydrogen) atoms. The summed E-state index contributed by atoms with van der Waals surface area (Å²) in [5.41, 5.74) is 5.04. The minimum Gasteiger partial charge on any atom is -0.343 e. The SMILES string of the molecule is CC(=O)N1CCC(n2nc(N3CCCc4cc(-c5cnn(C)c5)c(C(F)F)cc43)c3c2CCN(C(C)=O)C3)CC1. The van der Waals surface area contributed by atoms with Crippen LogP contribution in [0.4, 0.5) is 20.3 Å². The van der Waals surface area contributed by atoms with Crippen LogP contribution in [0.25, 0.3) is 11.1 Å². The predicted molar refractivity (Wildman–Crippen MR) is 146 cm³/mol. The van der Waals surface area contributed by atoms with Gasteiger partial charge in [-0.3, -0.25) is 19.0 Å². The molecule has 0 radical (unpaired) electrons. The highest BCUT2D eigenvalue weighted by Gasteiger charge is 2.34. The fourth-order valence-corrected chi connectivity index (χ4v) is 6.50. The Morgan fingerprint density at radius 2 is 1.75 bits per heavy atom. The smallest absolute Gasteiger partial charge is 0.264 e. The number of hydrogen-bond donors (Lipinski definition) is 0. The van der Waals surface area contributed by atoms with Gasteiger partial charge in [-0.25, -0.2) is 8.78 Å². The molecule has 0 N–H and O–H groups in total. The number of aryl methyl sites for hydroxylation is 2. The van der Waals surface area contributed by atoms with Crippen LogP contribution in [-0.2, 0) is 36.0 Å². The summed E-state index contributed by atoms with van der Waals surface area (Å²) in [5.74, 6) is 0.855. The Morgan fingerprint density at radius 3 is 2.40 bits per heavy atom. The molecule has 5 heterocycles. The molecule has 3 aromatic rings. The van der Waals surface area contributed by atoms with Gasteiger partial charge < -0.3 is 14.7 Å². The number of alkyl halides is 2. The second-order valence-electron chi connectivity index (χ2n) is 11.1. The Bertz CT molecular complexity index is 1450. The molecule has 1 fully saturated rings. The third kappa shape index (κ3) is 4.65. The third-order valence-electron chi connectivity index (χ3n) is 8.64. The van der Waals surface area contributed by atoms with E-state index in [1.165, 1.54) is 0 Å². The number of fused-ring (bicyclic) bond motifs is 2. The molecule has 0 saturated carbocycles. The van der Waals surface area contributed by atoms with Crippen LogP contribution >= 0.6 is 0 Å². The molecule has 2 amide bonds. The van der Waals surface area contributed by atoms with E-state index < -0.39 is 6.43 Å². The summed E-state index contributed by atoms with van der Waals surface area (Å²) in [6.45, 7) is 6.29. The standard InChI is InChI=1S/C29H35F2N7O2/c1-18(39)35-10-6-22(7-11-35)38-26-8-12-36(19(2)40)17-25(26)29(33-38)37-9-4-5-20-13-23(21-15-32-34(3)16-21)24(28(30)31)14-27(20)37/h13-16,22,28H,4-12,17H2,1-3H3. The number of halogens is 2. The van der Waals surface area contributed by atoms with Crippen molar-refractivity contribution in [1.29, 1.82) is 0 Å². The first-order chi connectivity index (χ1) is 19.2. The quantitative estimate of drug-likeness (QED) is 0.481. The minimum atomic E-state index is -2.64. The molecule has 2 aromatic heterocycles. The van der Waals surface area contributed by atoms with Gasteiger partial charge in [0.1, 0.15) is 0 Å². The molecular weight excluding hydrogens is 516 g/mol.